The number of amides is 1. The summed E-state index contributed by atoms with van der Waals surface area (Å²) in [6.45, 7) is 7.84. The van der Waals surface area contributed by atoms with Gasteiger partial charge >= 0.3 is 0 Å². The average Bonchev–Trinajstić information content (AvgIpc) is 3.39. The molecule has 1 aromatic heterocycles. The predicted molar refractivity (Wildman–Crippen MR) is 117 cm³/mol. The lowest BCUT2D eigenvalue weighted by atomic mass is 10.1. The highest BCUT2D eigenvalue weighted by Crippen LogP contribution is 2.31. The SMILES string of the molecule is Cc1ccc(-c2nnc(SC(C)C(=O)N3CCCC3)n2-c2ccc(C)cc2)cc1. The number of carbonyl (C=O) groups is 1. The van der Waals surface area contributed by atoms with Crippen LogP contribution in [0, 0.1) is 13.8 Å². The van der Waals surface area contributed by atoms with E-state index in [1.54, 1.807) is 0 Å². The molecule has 0 saturated carbocycles. The summed E-state index contributed by atoms with van der Waals surface area (Å²) in [5.41, 5.74) is 4.41. The highest BCUT2D eigenvalue weighted by atomic mass is 32.2. The van der Waals surface area contributed by atoms with E-state index in [9.17, 15) is 4.79 Å². The van der Waals surface area contributed by atoms with Gasteiger partial charge in [-0.2, -0.15) is 0 Å². The Labute approximate surface area is 176 Å². The van der Waals surface area contributed by atoms with Crippen molar-refractivity contribution >= 4 is 17.7 Å². The van der Waals surface area contributed by atoms with E-state index in [2.05, 4.69) is 77.1 Å². The number of thioether (sulfide) groups is 1. The Morgan fingerprint density at radius 2 is 1.52 bits per heavy atom. The highest BCUT2D eigenvalue weighted by Gasteiger charge is 2.26. The molecule has 0 bridgehead atoms. The molecular formula is C23H26N4OS. The van der Waals surface area contributed by atoms with Crippen molar-refractivity contribution in [2.24, 2.45) is 0 Å². The Morgan fingerprint density at radius 3 is 2.14 bits per heavy atom. The minimum Gasteiger partial charge on any atom is -0.342 e. The van der Waals surface area contributed by atoms with E-state index in [0.29, 0.717) is 0 Å². The van der Waals surface area contributed by atoms with E-state index in [-0.39, 0.29) is 11.2 Å². The van der Waals surface area contributed by atoms with Gasteiger partial charge in [-0.3, -0.25) is 9.36 Å². The smallest absolute Gasteiger partial charge is 0.235 e. The van der Waals surface area contributed by atoms with Gasteiger partial charge in [0.1, 0.15) is 0 Å². The molecule has 6 heteroatoms. The van der Waals surface area contributed by atoms with Crippen LogP contribution >= 0.6 is 11.8 Å². The van der Waals surface area contributed by atoms with Crippen molar-refractivity contribution in [1.29, 1.82) is 0 Å². The summed E-state index contributed by atoms with van der Waals surface area (Å²) in [6, 6.07) is 16.6. The maximum absolute atomic E-state index is 12.8. The fourth-order valence-electron chi connectivity index (χ4n) is 3.57. The standard InChI is InChI=1S/C23H26N4OS/c1-16-6-10-19(11-7-16)21-24-25-23(27(21)20-12-8-17(2)9-13-20)29-18(3)22(28)26-14-4-5-15-26/h6-13,18H,4-5,14-15H2,1-3H3. The van der Waals surface area contributed by atoms with Gasteiger partial charge in [-0.15, -0.1) is 10.2 Å². The van der Waals surface area contributed by atoms with Crippen LogP contribution in [0.5, 0.6) is 0 Å². The third-order valence-corrected chi connectivity index (χ3v) is 6.31. The van der Waals surface area contributed by atoms with Crippen molar-refractivity contribution in [3.05, 3.63) is 59.7 Å². The number of carbonyl (C=O) groups excluding carboxylic acids is 1. The topological polar surface area (TPSA) is 51.0 Å². The summed E-state index contributed by atoms with van der Waals surface area (Å²) in [5.74, 6) is 0.972. The first-order valence-corrected chi connectivity index (χ1v) is 11.0. The molecule has 0 radical (unpaired) electrons. The zero-order valence-electron chi connectivity index (χ0n) is 17.1. The number of likely N-dealkylation sites (tertiary alicyclic amines) is 1. The number of aromatic nitrogens is 3. The van der Waals surface area contributed by atoms with Gasteiger partial charge in [-0.1, -0.05) is 59.3 Å². The van der Waals surface area contributed by atoms with Crippen molar-refractivity contribution in [3.63, 3.8) is 0 Å². The zero-order valence-corrected chi connectivity index (χ0v) is 17.9. The Balaban J connectivity index is 1.70. The molecule has 3 aromatic rings. The lowest BCUT2D eigenvalue weighted by molar-refractivity contribution is -0.129. The van der Waals surface area contributed by atoms with Crippen LogP contribution in [0.2, 0.25) is 0 Å². The van der Waals surface area contributed by atoms with Crippen LogP contribution in [-0.2, 0) is 4.79 Å². The van der Waals surface area contributed by atoms with E-state index in [1.165, 1.54) is 22.9 Å². The molecule has 1 amide bonds. The molecule has 1 aliphatic heterocycles. The van der Waals surface area contributed by atoms with Gasteiger partial charge < -0.3 is 4.90 Å². The van der Waals surface area contributed by atoms with E-state index in [0.717, 1.165) is 48.2 Å². The van der Waals surface area contributed by atoms with Crippen molar-refractivity contribution in [2.75, 3.05) is 13.1 Å². The van der Waals surface area contributed by atoms with E-state index < -0.39 is 0 Å². The van der Waals surface area contributed by atoms with Crippen molar-refractivity contribution in [2.45, 2.75) is 44.0 Å². The molecule has 4 rings (SSSR count). The van der Waals surface area contributed by atoms with Gasteiger partial charge in [0.05, 0.1) is 5.25 Å². The molecule has 150 valence electrons. The van der Waals surface area contributed by atoms with Gasteiger partial charge in [0.2, 0.25) is 5.91 Å². The third kappa shape index (κ3) is 4.22. The predicted octanol–water partition coefficient (Wildman–Crippen LogP) is 4.65. The molecule has 29 heavy (non-hydrogen) atoms. The van der Waals surface area contributed by atoms with Crippen LogP contribution < -0.4 is 0 Å². The molecule has 2 heterocycles. The average molecular weight is 407 g/mol. The fourth-order valence-corrected chi connectivity index (χ4v) is 4.52. The van der Waals surface area contributed by atoms with Gasteiger partial charge in [-0.05, 0) is 45.7 Å². The van der Waals surface area contributed by atoms with Gasteiger partial charge in [0.25, 0.3) is 0 Å². The normalized spacial score (nSPS) is 14.9. The summed E-state index contributed by atoms with van der Waals surface area (Å²) in [7, 11) is 0. The summed E-state index contributed by atoms with van der Waals surface area (Å²) < 4.78 is 2.06. The van der Waals surface area contributed by atoms with Gasteiger partial charge in [0, 0.05) is 24.3 Å². The molecule has 1 aliphatic rings. The molecule has 2 aromatic carbocycles. The lowest BCUT2D eigenvalue weighted by Crippen LogP contribution is -2.34. The molecular weight excluding hydrogens is 380 g/mol. The van der Waals surface area contributed by atoms with Crippen molar-refractivity contribution in [3.8, 4) is 17.1 Å². The maximum Gasteiger partial charge on any atom is 0.235 e. The monoisotopic (exact) mass is 406 g/mol. The number of benzene rings is 2. The molecule has 1 atom stereocenters. The molecule has 0 N–H and O–H groups in total. The first-order chi connectivity index (χ1) is 14.0. The van der Waals surface area contributed by atoms with E-state index in [1.807, 2.05) is 11.8 Å². The Kier molecular flexibility index (Phi) is 5.72. The second-order valence-electron chi connectivity index (χ2n) is 7.64. The number of hydrogen-bond acceptors (Lipinski definition) is 4. The molecule has 0 spiro atoms. The zero-order chi connectivity index (χ0) is 20.4. The maximum atomic E-state index is 12.8. The molecule has 1 fully saturated rings. The third-order valence-electron chi connectivity index (χ3n) is 5.28. The number of aryl methyl sites for hydroxylation is 2. The highest BCUT2D eigenvalue weighted by molar-refractivity contribution is 8.00. The summed E-state index contributed by atoms with van der Waals surface area (Å²) in [6.07, 6.45) is 2.19. The molecule has 1 unspecified atom stereocenters. The molecule has 1 saturated heterocycles. The second kappa shape index (κ2) is 8.41. The van der Waals surface area contributed by atoms with Crippen molar-refractivity contribution in [1.82, 2.24) is 19.7 Å². The van der Waals surface area contributed by atoms with E-state index in [4.69, 9.17) is 0 Å². The first-order valence-electron chi connectivity index (χ1n) is 10.1. The van der Waals surface area contributed by atoms with Crippen LogP contribution in [0.15, 0.2) is 53.7 Å². The number of nitrogens with zero attached hydrogens (tertiary/aromatic N) is 4. The van der Waals surface area contributed by atoms with Crippen LogP contribution in [0.3, 0.4) is 0 Å². The van der Waals surface area contributed by atoms with Crippen LogP contribution in [0.4, 0.5) is 0 Å². The summed E-state index contributed by atoms with van der Waals surface area (Å²) in [5, 5.41) is 9.50. The first kappa shape index (κ1) is 19.7. The largest absolute Gasteiger partial charge is 0.342 e. The van der Waals surface area contributed by atoms with Crippen LogP contribution in [-0.4, -0.2) is 43.9 Å². The summed E-state index contributed by atoms with van der Waals surface area (Å²) >= 11 is 1.48. The van der Waals surface area contributed by atoms with Crippen LogP contribution in [0.25, 0.3) is 17.1 Å². The van der Waals surface area contributed by atoms with E-state index >= 15 is 0 Å². The quantitative estimate of drug-likeness (QED) is 0.579. The van der Waals surface area contributed by atoms with Gasteiger partial charge in [-0.25, -0.2) is 0 Å². The molecule has 0 aliphatic carbocycles. The second-order valence-corrected chi connectivity index (χ2v) is 8.94. The minimum atomic E-state index is -0.202. The van der Waals surface area contributed by atoms with Crippen LogP contribution in [0.1, 0.15) is 30.9 Å². The van der Waals surface area contributed by atoms with Gasteiger partial charge in [0.15, 0.2) is 11.0 Å². The lowest BCUT2D eigenvalue weighted by Gasteiger charge is -2.20. The minimum absolute atomic E-state index is 0.183. The number of hydrogen-bond donors (Lipinski definition) is 0. The summed E-state index contributed by atoms with van der Waals surface area (Å²) in [4.78, 5) is 14.8. The Morgan fingerprint density at radius 1 is 0.931 bits per heavy atom. The Hall–Kier alpha value is -2.60. The Bertz CT molecular complexity index is 989. The fraction of sp³-hybridized carbons (Fsp3) is 0.348. The number of rotatable bonds is 5. The van der Waals surface area contributed by atoms with Crippen molar-refractivity contribution < 1.29 is 4.79 Å². The molecule has 5 nitrogen and oxygen atoms in total.